The molecule has 0 spiro atoms. The first-order valence-corrected chi connectivity index (χ1v) is 8.65. The van der Waals surface area contributed by atoms with Gasteiger partial charge in [-0.2, -0.15) is 0 Å². The van der Waals surface area contributed by atoms with Crippen LogP contribution in [0.5, 0.6) is 0 Å². The maximum Gasteiger partial charge on any atom is 0.152 e. The lowest BCUT2D eigenvalue weighted by Gasteiger charge is -2.44. The Morgan fingerprint density at radius 3 is 2.79 bits per heavy atom. The summed E-state index contributed by atoms with van der Waals surface area (Å²) >= 11 is 0. The molecule has 2 aliphatic heterocycles. The minimum absolute atomic E-state index is 0.199. The minimum atomic E-state index is -2.94. The molecule has 4 nitrogen and oxygen atoms in total. The Bertz CT molecular complexity index is 585. The molecule has 104 valence electrons. The second-order valence-corrected chi connectivity index (χ2v) is 7.84. The van der Waals surface area contributed by atoms with Gasteiger partial charge in [0.1, 0.15) is 0 Å². The molecular formula is C14H20N2O2S. The van der Waals surface area contributed by atoms with Gasteiger partial charge in [-0.05, 0) is 30.9 Å². The van der Waals surface area contributed by atoms with Crippen molar-refractivity contribution >= 4 is 15.5 Å². The van der Waals surface area contributed by atoms with Crippen molar-refractivity contribution in [1.82, 2.24) is 0 Å². The van der Waals surface area contributed by atoms with Gasteiger partial charge >= 0.3 is 0 Å². The Balaban J connectivity index is 2.03. The fraction of sp³-hybridized carbons (Fsp3) is 0.571. The molecule has 0 aromatic heterocycles. The Morgan fingerprint density at radius 1 is 1.32 bits per heavy atom. The highest BCUT2D eigenvalue weighted by Gasteiger charge is 2.46. The zero-order chi connectivity index (χ0) is 13.5. The van der Waals surface area contributed by atoms with E-state index in [1.807, 2.05) is 12.1 Å². The number of hydrogen-bond acceptors (Lipinski definition) is 4. The van der Waals surface area contributed by atoms with E-state index in [4.69, 9.17) is 5.73 Å². The molecule has 1 aromatic rings. The summed E-state index contributed by atoms with van der Waals surface area (Å²) in [4.78, 5) is 2.26. The lowest BCUT2D eigenvalue weighted by molar-refractivity contribution is 0.425. The highest BCUT2D eigenvalue weighted by atomic mass is 32.2. The van der Waals surface area contributed by atoms with Crippen molar-refractivity contribution in [1.29, 1.82) is 0 Å². The van der Waals surface area contributed by atoms with Crippen LogP contribution in [0.4, 0.5) is 5.69 Å². The summed E-state index contributed by atoms with van der Waals surface area (Å²) in [7, 11) is -2.94. The second-order valence-electron chi connectivity index (χ2n) is 5.65. The summed E-state index contributed by atoms with van der Waals surface area (Å²) in [6.45, 7) is 1.31. The van der Waals surface area contributed by atoms with E-state index in [0.29, 0.717) is 13.0 Å². The number of sulfone groups is 1. The molecule has 19 heavy (non-hydrogen) atoms. The molecular weight excluding hydrogens is 260 g/mol. The van der Waals surface area contributed by atoms with Crippen molar-refractivity contribution in [3.63, 3.8) is 0 Å². The van der Waals surface area contributed by atoms with Crippen LogP contribution in [-0.2, 0) is 16.3 Å². The highest BCUT2D eigenvalue weighted by Crippen LogP contribution is 2.37. The van der Waals surface area contributed by atoms with Gasteiger partial charge in [0.25, 0.3) is 0 Å². The number of anilines is 1. The molecule has 1 saturated heterocycles. The average molecular weight is 280 g/mol. The number of hydrogen-bond donors (Lipinski definition) is 1. The zero-order valence-corrected chi connectivity index (χ0v) is 11.8. The standard InChI is InChI=1S/C14H20N2O2S/c15-10-14(7-9-19(17,18)11-14)16-8-3-5-12-4-1-2-6-13(12)16/h1-2,4,6H,3,5,7-11,15H2. The van der Waals surface area contributed by atoms with Gasteiger partial charge in [0, 0.05) is 18.8 Å². The topological polar surface area (TPSA) is 63.4 Å². The monoisotopic (exact) mass is 280 g/mol. The molecule has 0 saturated carbocycles. The first-order valence-electron chi connectivity index (χ1n) is 6.82. The number of benzene rings is 1. The number of nitrogens with two attached hydrogens (primary N) is 1. The van der Waals surface area contributed by atoms with Gasteiger partial charge in [-0.3, -0.25) is 0 Å². The summed E-state index contributed by atoms with van der Waals surface area (Å²) < 4.78 is 23.8. The normalized spacial score (nSPS) is 29.2. The Labute approximate surface area is 114 Å². The first kappa shape index (κ1) is 12.9. The van der Waals surface area contributed by atoms with Crippen molar-refractivity contribution in [3.05, 3.63) is 29.8 Å². The van der Waals surface area contributed by atoms with E-state index in [-0.39, 0.29) is 11.5 Å². The maximum absolute atomic E-state index is 11.9. The van der Waals surface area contributed by atoms with Crippen LogP contribution in [0.2, 0.25) is 0 Å². The Morgan fingerprint density at radius 2 is 2.11 bits per heavy atom. The third kappa shape index (κ3) is 2.15. The van der Waals surface area contributed by atoms with Crippen molar-refractivity contribution in [2.24, 2.45) is 5.73 Å². The molecule has 3 rings (SSSR count). The first-order chi connectivity index (χ1) is 9.06. The molecule has 2 heterocycles. The SMILES string of the molecule is NCC1(N2CCCc3ccccc32)CCS(=O)(=O)C1. The lowest BCUT2D eigenvalue weighted by Crippen LogP contribution is -2.56. The van der Waals surface area contributed by atoms with Gasteiger partial charge in [-0.25, -0.2) is 8.42 Å². The van der Waals surface area contributed by atoms with Gasteiger partial charge in [-0.15, -0.1) is 0 Å². The average Bonchev–Trinajstić information content (AvgIpc) is 2.75. The second kappa shape index (κ2) is 4.49. The number of aryl methyl sites for hydroxylation is 1. The van der Waals surface area contributed by atoms with E-state index in [0.717, 1.165) is 19.4 Å². The molecule has 0 aliphatic carbocycles. The summed E-state index contributed by atoms with van der Waals surface area (Å²) in [6, 6.07) is 8.29. The molecule has 5 heteroatoms. The fourth-order valence-corrected chi connectivity index (χ4v) is 5.48. The van der Waals surface area contributed by atoms with E-state index in [1.165, 1.54) is 11.3 Å². The molecule has 1 aromatic carbocycles. The largest absolute Gasteiger partial charge is 0.363 e. The Kier molecular flexibility index (Phi) is 3.06. The van der Waals surface area contributed by atoms with Gasteiger partial charge in [-0.1, -0.05) is 18.2 Å². The molecule has 0 radical (unpaired) electrons. The smallest absolute Gasteiger partial charge is 0.152 e. The summed E-state index contributed by atoms with van der Waals surface area (Å²) in [5.74, 6) is 0.466. The summed E-state index contributed by atoms with van der Waals surface area (Å²) in [5.41, 5.74) is 8.07. The number of nitrogens with zero attached hydrogens (tertiary/aromatic N) is 1. The fourth-order valence-electron chi connectivity index (χ4n) is 3.41. The van der Waals surface area contributed by atoms with E-state index in [2.05, 4.69) is 17.0 Å². The molecule has 1 unspecified atom stereocenters. The number of rotatable bonds is 2. The highest BCUT2D eigenvalue weighted by molar-refractivity contribution is 7.91. The van der Waals surface area contributed by atoms with Crippen LogP contribution in [0, 0.1) is 0 Å². The zero-order valence-electron chi connectivity index (χ0n) is 11.0. The van der Waals surface area contributed by atoms with Crippen molar-refractivity contribution in [3.8, 4) is 0 Å². The molecule has 1 atom stereocenters. The van der Waals surface area contributed by atoms with Gasteiger partial charge in [0.05, 0.1) is 17.0 Å². The number of para-hydroxylation sites is 1. The predicted octanol–water partition coefficient (Wildman–Crippen LogP) is 0.955. The molecule has 0 bridgehead atoms. The lowest BCUT2D eigenvalue weighted by atomic mass is 9.91. The summed E-state index contributed by atoms with van der Waals surface area (Å²) in [5, 5.41) is 0. The van der Waals surface area contributed by atoms with Crippen LogP contribution in [0.1, 0.15) is 18.4 Å². The molecule has 0 amide bonds. The van der Waals surface area contributed by atoms with E-state index in [1.54, 1.807) is 0 Å². The van der Waals surface area contributed by atoms with Crippen LogP contribution in [0.25, 0.3) is 0 Å². The molecule has 2 N–H and O–H groups in total. The van der Waals surface area contributed by atoms with E-state index < -0.39 is 15.4 Å². The van der Waals surface area contributed by atoms with Gasteiger partial charge < -0.3 is 10.6 Å². The van der Waals surface area contributed by atoms with E-state index >= 15 is 0 Å². The van der Waals surface area contributed by atoms with Crippen LogP contribution in [0.15, 0.2) is 24.3 Å². The molecule has 2 aliphatic rings. The third-order valence-corrected chi connectivity index (χ3v) is 6.23. The van der Waals surface area contributed by atoms with Gasteiger partial charge in [0.2, 0.25) is 0 Å². The van der Waals surface area contributed by atoms with Crippen LogP contribution >= 0.6 is 0 Å². The predicted molar refractivity (Wildman–Crippen MR) is 77.2 cm³/mol. The van der Waals surface area contributed by atoms with Crippen LogP contribution in [0.3, 0.4) is 0 Å². The van der Waals surface area contributed by atoms with Crippen molar-refractivity contribution in [2.45, 2.75) is 24.8 Å². The minimum Gasteiger partial charge on any atom is -0.363 e. The van der Waals surface area contributed by atoms with Crippen LogP contribution in [-0.4, -0.2) is 38.6 Å². The van der Waals surface area contributed by atoms with Crippen molar-refractivity contribution in [2.75, 3.05) is 29.5 Å². The van der Waals surface area contributed by atoms with Gasteiger partial charge in [0.15, 0.2) is 9.84 Å². The summed E-state index contributed by atoms with van der Waals surface area (Å²) in [6.07, 6.45) is 2.79. The van der Waals surface area contributed by atoms with Crippen LogP contribution < -0.4 is 10.6 Å². The third-order valence-electron chi connectivity index (χ3n) is 4.43. The molecule has 1 fully saturated rings. The maximum atomic E-state index is 11.9. The number of fused-ring (bicyclic) bond motifs is 1. The van der Waals surface area contributed by atoms with Crippen molar-refractivity contribution < 1.29 is 8.42 Å². The Hall–Kier alpha value is -1.07. The van der Waals surface area contributed by atoms with E-state index in [9.17, 15) is 8.42 Å². The quantitative estimate of drug-likeness (QED) is 0.876.